The van der Waals surface area contributed by atoms with Crippen LogP contribution in [0.1, 0.15) is 62.7 Å². The quantitative estimate of drug-likeness (QED) is 0.286. The molecule has 3 saturated heterocycles. The summed E-state index contributed by atoms with van der Waals surface area (Å²) in [7, 11) is 3.05. The normalized spacial score (nSPS) is 27.2. The summed E-state index contributed by atoms with van der Waals surface area (Å²) in [5.74, 6) is -1.53. The van der Waals surface area contributed by atoms with Crippen LogP contribution in [0.5, 0.6) is 17.2 Å². The molecule has 0 bridgehead atoms. The summed E-state index contributed by atoms with van der Waals surface area (Å²) < 4.78 is 21.3. The van der Waals surface area contributed by atoms with Crippen molar-refractivity contribution >= 4 is 17.5 Å². The highest BCUT2D eigenvalue weighted by atomic mass is 16.7. The van der Waals surface area contributed by atoms with Gasteiger partial charge in [-0.1, -0.05) is 12.1 Å². The number of morpholine rings is 1. The molecule has 3 fully saturated rings. The third kappa shape index (κ3) is 6.08. The minimum Gasteiger partial charge on any atom is -0.507 e. The minimum absolute atomic E-state index is 0.00514. The molecule has 3 heterocycles. The lowest BCUT2D eigenvalue weighted by Crippen LogP contribution is -2.57. The second-order valence-electron chi connectivity index (χ2n) is 13.2. The number of carbonyl (C=O) groups excluding carboxylic acids is 3. The van der Waals surface area contributed by atoms with Crippen molar-refractivity contribution in [3.8, 4) is 17.2 Å². The Morgan fingerprint density at radius 3 is 2.42 bits per heavy atom. The summed E-state index contributed by atoms with van der Waals surface area (Å²) in [4.78, 5) is 43.5. The molecule has 7 rings (SSSR count). The Bertz CT molecular complexity index is 1570. The largest absolute Gasteiger partial charge is 0.507 e. The molecule has 13 heteroatoms. The maximum atomic E-state index is 13.3. The highest BCUT2D eigenvalue weighted by Gasteiger charge is 2.42. The fourth-order valence-corrected chi connectivity index (χ4v) is 7.61. The number of methoxy groups -OCH3 is 2. The van der Waals surface area contributed by atoms with E-state index in [-0.39, 0.29) is 76.2 Å². The van der Waals surface area contributed by atoms with Gasteiger partial charge in [0.2, 0.25) is 11.7 Å². The van der Waals surface area contributed by atoms with E-state index >= 15 is 0 Å². The van der Waals surface area contributed by atoms with E-state index in [4.69, 9.17) is 24.7 Å². The number of hydrogen-bond acceptors (Lipinski definition) is 12. The van der Waals surface area contributed by atoms with E-state index in [1.807, 2.05) is 6.92 Å². The maximum absolute atomic E-state index is 13.3. The van der Waals surface area contributed by atoms with Crippen LogP contribution in [0.25, 0.3) is 0 Å². The van der Waals surface area contributed by atoms with Crippen LogP contribution < -0.4 is 10.5 Å². The van der Waals surface area contributed by atoms with Gasteiger partial charge in [0.1, 0.15) is 17.2 Å². The number of ether oxygens (including phenoxy) is 4. The number of benzene rings is 2. The zero-order valence-corrected chi connectivity index (χ0v) is 27.6. The van der Waals surface area contributed by atoms with Gasteiger partial charge in [0.15, 0.2) is 12.1 Å². The Morgan fingerprint density at radius 1 is 0.979 bits per heavy atom. The van der Waals surface area contributed by atoms with E-state index in [0.717, 1.165) is 26.1 Å². The van der Waals surface area contributed by atoms with Gasteiger partial charge in [-0.25, -0.2) is 0 Å². The van der Waals surface area contributed by atoms with E-state index in [1.54, 1.807) is 24.1 Å². The molecule has 260 valence electrons. The third-order valence-corrected chi connectivity index (χ3v) is 10.4. The molecule has 1 amide bonds. The fraction of sp³-hybridized carbons (Fsp3) is 0.571. The fourth-order valence-electron chi connectivity index (χ4n) is 7.61. The van der Waals surface area contributed by atoms with Crippen LogP contribution in [0.3, 0.4) is 0 Å². The van der Waals surface area contributed by atoms with Crippen molar-refractivity contribution in [1.29, 1.82) is 0 Å². The van der Waals surface area contributed by atoms with Gasteiger partial charge in [-0.05, 0) is 45.2 Å². The number of fused-ring (bicyclic) bond motifs is 3. The lowest BCUT2D eigenvalue weighted by atomic mass is 9.75. The number of carbonyl (C=O) groups is 3. The van der Waals surface area contributed by atoms with E-state index in [9.17, 15) is 29.7 Å². The summed E-state index contributed by atoms with van der Waals surface area (Å²) >= 11 is 0. The van der Waals surface area contributed by atoms with Gasteiger partial charge < -0.3 is 44.9 Å². The van der Waals surface area contributed by atoms with E-state index in [0.29, 0.717) is 56.1 Å². The maximum Gasteiger partial charge on any atom is 0.226 e. The standard InChI is InChI=1S/C24H24N2O6.C11H21NO4/c1-32-16-4-2-3-14-17(16)23(30)19-18(21(14)28)22(29)15-7-12(5-6-13(15)20(19)27)24(31)26-9-11(8-25)10-26;1-8-11(13)9(3-5-15-8)12-4-6-16-10(7-12)14-2/h2-4,11-12,27,29H,5-10,25H2,1H3;8-11,13H,3-7H2,1-2H3. The number of rotatable bonds is 5. The van der Waals surface area contributed by atoms with E-state index < -0.39 is 17.7 Å². The van der Waals surface area contributed by atoms with Crippen molar-refractivity contribution in [2.45, 2.75) is 57.1 Å². The van der Waals surface area contributed by atoms with E-state index in [1.165, 1.54) is 13.2 Å². The molecular weight excluding hydrogens is 622 g/mol. The summed E-state index contributed by atoms with van der Waals surface area (Å²) in [6, 6.07) is 4.84. The summed E-state index contributed by atoms with van der Waals surface area (Å²) in [5.41, 5.74) is 6.25. The molecule has 0 saturated carbocycles. The zero-order chi connectivity index (χ0) is 34.3. The van der Waals surface area contributed by atoms with Crippen molar-refractivity contribution in [1.82, 2.24) is 9.80 Å². The first kappa shape index (κ1) is 34.3. The predicted octanol–water partition coefficient (Wildman–Crippen LogP) is 1.23. The molecule has 2 aliphatic carbocycles. The Morgan fingerprint density at radius 2 is 1.71 bits per heavy atom. The predicted molar refractivity (Wildman–Crippen MR) is 172 cm³/mol. The lowest BCUT2D eigenvalue weighted by Gasteiger charge is -2.43. The van der Waals surface area contributed by atoms with E-state index in [2.05, 4.69) is 4.90 Å². The first-order chi connectivity index (χ1) is 23.1. The number of nitrogens with two attached hydrogens (primary N) is 1. The molecule has 3 aliphatic heterocycles. The number of phenols is 2. The van der Waals surface area contributed by atoms with Crippen molar-refractivity contribution < 1.29 is 48.7 Å². The van der Waals surface area contributed by atoms with Crippen molar-refractivity contribution in [2.24, 2.45) is 17.6 Å². The number of hydrogen-bond donors (Lipinski definition) is 4. The van der Waals surface area contributed by atoms with Crippen LogP contribution in [0.4, 0.5) is 0 Å². The van der Waals surface area contributed by atoms with Crippen LogP contribution in [-0.2, 0) is 31.8 Å². The molecule has 5 N–H and O–H groups in total. The first-order valence-corrected chi connectivity index (χ1v) is 16.6. The molecule has 0 radical (unpaired) electrons. The Kier molecular flexibility index (Phi) is 10.1. The third-order valence-electron chi connectivity index (χ3n) is 10.4. The van der Waals surface area contributed by atoms with Crippen molar-refractivity contribution in [3.05, 3.63) is 51.6 Å². The number of aliphatic hydroxyl groups excluding tert-OH is 1. The average Bonchev–Trinajstić information content (AvgIpc) is 3.09. The molecule has 2 aromatic carbocycles. The summed E-state index contributed by atoms with van der Waals surface area (Å²) in [6.45, 7) is 6.69. The van der Waals surface area contributed by atoms with Gasteiger partial charge in [0.05, 0.1) is 42.6 Å². The van der Waals surface area contributed by atoms with Gasteiger partial charge in [-0.15, -0.1) is 0 Å². The van der Waals surface area contributed by atoms with Crippen LogP contribution in [-0.4, -0.2) is 127 Å². The second-order valence-corrected chi connectivity index (χ2v) is 13.2. The Balaban J connectivity index is 0.000000211. The SMILES string of the molecule is COC1CN(C2CCOC(C)C2O)CCO1.COc1cccc2c1C(=O)c1c(O)c3c(c(O)c1C2=O)CC(C(=O)N1CC(CN)C1)CC3. The number of aliphatic hydroxyl groups is 1. The van der Waals surface area contributed by atoms with Gasteiger partial charge in [0, 0.05) is 74.5 Å². The number of likely N-dealkylation sites (tertiary alicyclic amines) is 1. The molecule has 48 heavy (non-hydrogen) atoms. The van der Waals surface area contributed by atoms with Gasteiger partial charge in [0.25, 0.3) is 0 Å². The monoisotopic (exact) mass is 667 g/mol. The zero-order valence-electron chi connectivity index (χ0n) is 27.6. The Labute approximate surface area is 279 Å². The van der Waals surface area contributed by atoms with Crippen LogP contribution in [0.15, 0.2) is 18.2 Å². The minimum atomic E-state index is -0.561. The highest BCUT2D eigenvalue weighted by molar-refractivity contribution is 6.31. The first-order valence-electron chi connectivity index (χ1n) is 16.6. The molecule has 0 spiro atoms. The lowest BCUT2D eigenvalue weighted by molar-refractivity contribution is -0.190. The average molecular weight is 668 g/mol. The van der Waals surface area contributed by atoms with Crippen LogP contribution >= 0.6 is 0 Å². The van der Waals surface area contributed by atoms with Gasteiger partial charge >= 0.3 is 0 Å². The second kappa shape index (κ2) is 14.1. The Hall–Kier alpha value is -3.59. The van der Waals surface area contributed by atoms with Crippen LogP contribution in [0, 0.1) is 11.8 Å². The number of nitrogens with zero attached hydrogens (tertiary/aromatic N) is 2. The number of phenolic OH excluding ortho intramolecular Hbond substituents is 2. The topological polar surface area (TPSA) is 181 Å². The molecule has 5 atom stereocenters. The number of ketones is 2. The van der Waals surface area contributed by atoms with Crippen molar-refractivity contribution in [3.63, 3.8) is 0 Å². The smallest absolute Gasteiger partial charge is 0.226 e. The molecular formula is C35H45N3O10. The molecule has 2 aromatic rings. The van der Waals surface area contributed by atoms with Crippen LogP contribution in [0.2, 0.25) is 0 Å². The van der Waals surface area contributed by atoms with Crippen molar-refractivity contribution in [2.75, 3.05) is 60.2 Å². The molecule has 5 aliphatic rings. The van der Waals surface area contributed by atoms with Gasteiger partial charge in [-0.3, -0.25) is 19.3 Å². The molecule has 13 nitrogen and oxygen atoms in total. The summed E-state index contributed by atoms with van der Waals surface area (Å²) in [6.07, 6.45) is 1.24. The van der Waals surface area contributed by atoms with Gasteiger partial charge in [-0.2, -0.15) is 0 Å². The molecule has 5 unspecified atom stereocenters. The number of aromatic hydroxyl groups is 2. The highest BCUT2D eigenvalue weighted by Crippen LogP contribution is 2.47. The molecule has 0 aromatic heterocycles. The number of amides is 1. The summed E-state index contributed by atoms with van der Waals surface area (Å²) in [5, 5.41) is 32.2.